The topological polar surface area (TPSA) is 175 Å². The first-order valence-corrected chi connectivity index (χ1v) is 13.5. The van der Waals surface area contributed by atoms with E-state index in [2.05, 4.69) is 10.2 Å². The maximum absolute atomic E-state index is 13.1. The summed E-state index contributed by atoms with van der Waals surface area (Å²) < 4.78 is 59.3. The van der Waals surface area contributed by atoms with E-state index in [0.29, 0.717) is 36.5 Å². The molecular formula is C16H28N4O9S3. The molecule has 1 aromatic rings. The van der Waals surface area contributed by atoms with E-state index in [1.807, 2.05) is 11.6 Å². The molecule has 1 atom stereocenters. The largest absolute Gasteiger partial charge is 0.385 e. The number of carbonyl (C=O) groups is 1. The molecule has 0 saturated carbocycles. The second-order valence-electron chi connectivity index (χ2n) is 6.85. The molecule has 2 heterocycles. The third-order valence-electron chi connectivity index (χ3n) is 4.51. The molecule has 0 unspecified atom stereocenters. The summed E-state index contributed by atoms with van der Waals surface area (Å²) in [6, 6.07) is 0.889. The summed E-state index contributed by atoms with van der Waals surface area (Å²) in [4.78, 5) is 16.3. The fraction of sp³-hybridized carbons (Fsp3) is 0.688. The lowest BCUT2D eigenvalue weighted by molar-refractivity contribution is -0.492. The number of carbonyl (C=O) groups excluding carboxylic acids is 1. The van der Waals surface area contributed by atoms with Gasteiger partial charge in [0.1, 0.15) is 8.42 Å². The van der Waals surface area contributed by atoms with Crippen LogP contribution in [0, 0.1) is 0 Å². The van der Waals surface area contributed by atoms with Crippen LogP contribution in [0.1, 0.15) is 37.8 Å². The maximum Gasteiger partial charge on any atom is 0.273 e. The predicted molar refractivity (Wildman–Crippen MR) is 112 cm³/mol. The van der Waals surface area contributed by atoms with Crippen LogP contribution in [0.15, 0.2) is 14.5 Å². The van der Waals surface area contributed by atoms with E-state index in [-0.39, 0.29) is 41.0 Å². The van der Waals surface area contributed by atoms with Crippen LogP contribution in [0.5, 0.6) is 0 Å². The van der Waals surface area contributed by atoms with Gasteiger partial charge in [0.2, 0.25) is 5.91 Å². The molecule has 4 N–H and O–H groups in total. The van der Waals surface area contributed by atoms with E-state index in [0.717, 1.165) is 0 Å². The van der Waals surface area contributed by atoms with Crippen LogP contribution < -0.4 is 10.0 Å². The highest BCUT2D eigenvalue weighted by atomic mass is 32.3. The molecule has 1 aromatic heterocycles. The lowest BCUT2D eigenvalue weighted by Gasteiger charge is -2.32. The molecule has 0 radical (unpaired) electrons. The first-order valence-electron chi connectivity index (χ1n) is 9.75. The van der Waals surface area contributed by atoms with Gasteiger partial charge in [-0.2, -0.15) is 4.31 Å². The minimum absolute atomic E-state index is 0.0211. The van der Waals surface area contributed by atoms with Crippen molar-refractivity contribution in [3.05, 3.63) is 11.6 Å². The number of hydrogen-bond donors (Lipinski definition) is 4. The highest BCUT2D eigenvalue weighted by Gasteiger charge is 2.40. The Labute approximate surface area is 190 Å². The van der Waals surface area contributed by atoms with Gasteiger partial charge in [0, 0.05) is 44.8 Å². The average molecular weight is 517 g/mol. The molecular weight excluding hydrogens is 488 g/mol. The Balaban J connectivity index is 2.22. The third kappa shape index (κ3) is 6.89. The van der Waals surface area contributed by atoms with Gasteiger partial charge in [-0.3, -0.25) is 20.0 Å². The summed E-state index contributed by atoms with van der Waals surface area (Å²) >= 11 is 0.595. The molecule has 13 nitrogen and oxygen atoms in total. The van der Waals surface area contributed by atoms with E-state index in [1.54, 1.807) is 0 Å². The second-order valence-corrected chi connectivity index (χ2v) is 11.9. The van der Waals surface area contributed by atoms with E-state index in [9.17, 15) is 21.6 Å². The highest BCUT2D eigenvalue weighted by molar-refractivity contribution is 7.94. The zero-order valence-corrected chi connectivity index (χ0v) is 20.1. The number of fused-ring (bicyclic) bond motifs is 1. The molecule has 0 fully saturated rings. The minimum Gasteiger partial charge on any atom is -0.385 e. The Hall–Kier alpha value is -1.21. The number of nitrogens with one attached hydrogen (secondary N) is 2. The summed E-state index contributed by atoms with van der Waals surface area (Å²) in [5.74, 6) is -0.838. The summed E-state index contributed by atoms with van der Waals surface area (Å²) in [7, 11) is -6.67. The maximum atomic E-state index is 13.1. The molecule has 0 aliphatic carbocycles. The summed E-state index contributed by atoms with van der Waals surface area (Å²) in [6.45, 7) is 2.96. The van der Waals surface area contributed by atoms with Crippen LogP contribution >= 0.6 is 11.3 Å². The number of methoxy groups -OCH3 is 1. The lowest BCUT2D eigenvalue weighted by Crippen LogP contribution is -2.43. The van der Waals surface area contributed by atoms with Crippen LogP contribution in [-0.2, 0) is 34.4 Å². The monoisotopic (exact) mass is 516 g/mol. The Morgan fingerprint density at radius 2 is 2.06 bits per heavy atom. The number of ether oxygens (including phenoxy) is 1. The van der Waals surface area contributed by atoms with Gasteiger partial charge in [-0.25, -0.2) is 21.6 Å². The first kappa shape index (κ1) is 27.0. The Kier molecular flexibility index (Phi) is 9.95. The second kappa shape index (κ2) is 11.8. The summed E-state index contributed by atoms with van der Waals surface area (Å²) in [6.07, 6.45) is 0.251. The van der Waals surface area contributed by atoms with E-state index in [4.69, 9.17) is 15.2 Å². The van der Waals surface area contributed by atoms with Crippen molar-refractivity contribution in [3.8, 4) is 0 Å². The zero-order chi connectivity index (χ0) is 23.9. The fourth-order valence-electron chi connectivity index (χ4n) is 3.11. The molecule has 0 bridgehead atoms. The highest BCUT2D eigenvalue weighted by Crippen LogP contribution is 2.40. The van der Waals surface area contributed by atoms with Gasteiger partial charge in [-0.05, 0) is 25.5 Å². The summed E-state index contributed by atoms with van der Waals surface area (Å²) in [5.41, 5.74) is 0.354. The van der Waals surface area contributed by atoms with Gasteiger partial charge in [0.05, 0.1) is 12.0 Å². The van der Waals surface area contributed by atoms with Crippen LogP contribution in [0.4, 0.5) is 0 Å². The molecule has 1 aliphatic heterocycles. The number of nitrogens with zero attached hydrogens (tertiary/aromatic N) is 2. The van der Waals surface area contributed by atoms with Gasteiger partial charge >= 0.3 is 0 Å². The Morgan fingerprint density at radius 3 is 2.69 bits per heavy atom. The number of likely N-dealkylation sites (N-methyl/N-ethyl adjacent to an activating group) is 1. The number of sulfonamides is 2. The molecule has 32 heavy (non-hydrogen) atoms. The van der Waals surface area contributed by atoms with E-state index in [1.165, 1.54) is 17.5 Å². The molecule has 0 saturated heterocycles. The van der Waals surface area contributed by atoms with Crippen molar-refractivity contribution in [1.29, 1.82) is 0 Å². The molecule has 1 aliphatic rings. The first-order chi connectivity index (χ1) is 15.0. The van der Waals surface area contributed by atoms with Crippen molar-refractivity contribution in [3.63, 3.8) is 0 Å². The van der Waals surface area contributed by atoms with Gasteiger partial charge in [-0.1, -0.05) is 6.92 Å². The zero-order valence-electron chi connectivity index (χ0n) is 17.7. The minimum atomic E-state index is -4.30. The molecule has 0 aromatic carbocycles. The van der Waals surface area contributed by atoms with Crippen LogP contribution in [0.2, 0.25) is 0 Å². The average Bonchev–Trinajstić information content (AvgIpc) is 3.16. The van der Waals surface area contributed by atoms with Gasteiger partial charge in [-0.15, -0.1) is 11.3 Å². The van der Waals surface area contributed by atoms with Crippen molar-refractivity contribution in [1.82, 2.24) is 19.7 Å². The van der Waals surface area contributed by atoms with Crippen molar-refractivity contribution in [2.75, 3.05) is 40.0 Å². The molecule has 0 spiro atoms. The fourth-order valence-corrected chi connectivity index (χ4v) is 8.01. The Morgan fingerprint density at radius 1 is 1.34 bits per heavy atom. The third-order valence-corrected chi connectivity index (χ3v) is 9.90. The normalized spacial score (nSPS) is 18.6. The van der Waals surface area contributed by atoms with Crippen LogP contribution in [0.3, 0.4) is 0 Å². The van der Waals surface area contributed by atoms with Crippen molar-refractivity contribution in [2.45, 2.75) is 40.6 Å². The molecule has 184 valence electrons. The van der Waals surface area contributed by atoms with Gasteiger partial charge in [0.25, 0.3) is 20.0 Å². The number of hydrogen-bond acceptors (Lipinski definition) is 12. The quantitative estimate of drug-likeness (QED) is 0.206. The van der Waals surface area contributed by atoms with Gasteiger partial charge < -0.3 is 10.1 Å². The van der Waals surface area contributed by atoms with Crippen LogP contribution in [0.25, 0.3) is 0 Å². The molecule has 1 amide bonds. The standard InChI is InChI=1S/C16H28N4O9S3/c1-3-17-13-11-19(7-5-8-28-2)32(26,27)16-12(13)10-15(30-16)31(24,25)18-14(21)6-4-9-29-20(22)23/h10,13,17,22-23H,3-9,11H2,1-2H3,(H,18,21)/t13-/m0/s1. The number of rotatable bonds is 13. The van der Waals surface area contributed by atoms with Crippen molar-refractivity contribution in [2.24, 2.45) is 0 Å². The molecule has 16 heteroatoms. The van der Waals surface area contributed by atoms with Crippen molar-refractivity contribution < 1.29 is 41.6 Å². The van der Waals surface area contributed by atoms with Gasteiger partial charge in [0.15, 0.2) is 0 Å². The Bertz CT molecular complexity index is 979. The smallest absolute Gasteiger partial charge is 0.273 e. The van der Waals surface area contributed by atoms with E-state index >= 15 is 0 Å². The molecule has 2 rings (SSSR count). The summed E-state index contributed by atoms with van der Waals surface area (Å²) in [5, 5.41) is 19.5. The van der Waals surface area contributed by atoms with E-state index < -0.39 is 37.4 Å². The lowest BCUT2D eigenvalue weighted by atomic mass is 10.1. The van der Waals surface area contributed by atoms with Crippen molar-refractivity contribution >= 4 is 37.3 Å². The van der Waals surface area contributed by atoms with Crippen LogP contribution in [-0.4, -0.2) is 82.8 Å². The predicted octanol–water partition coefficient (Wildman–Crippen LogP) is 0.0366. The number of amides is 1. The SMILES string of the molecule is CCN[C@H]1CN(CCCOC)S(=O)(=O)c2sc(S(=O)(=O)NC(=O)CCCON(O)O)cc21. The number of thiophene rings is 1.